The van der Waals surface area contributed by atoms with Crippen molar-refractivity contribution in [1.82, 2.24) is 10.1 Å². The van der Waals surface area contributed by atoms with E-state index in [1.165, 1.54) is 30.4 Å². The van der Waals surface area contributed by atoms with Crippen LogP contribution in [0, 0.1) is 0 Å². The summed E-state index contributed by atoms with van der Waals surface area (Å²) in [7, 11) is 0. The number of fused-ring (bicyclic) bond motifs is 2. The van der Waals surface area contributed by atoms with Crippen LogP contribution in [0.15, 0.2) is 53.1 Å². The minimum Gasteiger partial charge on any atom is -0.339 e. The van der Waals surface area contributed by atoms with Crippen molar-refractivity contribution in [2.75, 3.05) is 0 Å². The van der Waals surface area contributed by atoms with Crippen molar-refractivity contribution >= 4 is 12.4 Å². The molecule has 0 aliphatic heterocycles. The molecule has 26 heavy (non-hydrogen) atoms. The van der Waals surface area contributed by atoms with Crippen molar-refractivity contribution in [3.8, 4) is 11.4 Å². The van der Waals surface area contributed by atoms with E-state index in [2.05, 4.69) is 29.4 Å². The van der Waals surface area contributed by atoms with Crippen molar-refractivity contribution in [2.45, 2.75) is 43.6 Å². The molecule has 1 spiro atoms. The molecular formula is C21H22ClN3O. The molecular weight excluding hydrogens is 346 g/mol. The fourth-order valence-electron chi connectivity index (χ4n) is 4.44. The van der Waals surface area contributed by atoms with Crippen LogP contribution in [0.3, 0.4) is 0 Å². The van der Waals surface area contributed by atoms with Gasteiger partial charge in [0.15, 0.2) is 0 Å². The Morgan fingerprint density at radius 1 is 1.12 bits per heavy atom. The fraction of sp³-hybridized carbons (Fsp3) is 0.333. The van der Waals surface area contributed by atoms with E-state index in [4.69, 9.17) is 15.2 Å². The summed E-state index contributed by atoms with van der Waals surface area (Å²) in [5.74, 6) is 1.82. The van der Waals surface area contributed by atoms with Crippen molar-refractivity contribution in [2.24, 2.45) is 5.73 Å². The number of benzene rings is 2. The molecule has 0 bridgehead atoms. The largest absolute Gasteiger partial charge is 0.339 e. The van der Waals surface area contributed by atoms with Gasteiger partial charge in [-0.1, -0.05) is 53.7 Å². The number of nitrogens with two attached hydrogens (primary N) is 1. The van der Waals surface area contributed by atoms with Gasteiger partial charge in [0.25, 0.3) is 0 Å². The standard InChI is InChI=1S/C21H21N3O.ClH/c22-13-14-7-9-16(10-8-14)19-23-20(25-24-19)18-12-21(18)11-3-5-15-4-1-2-6-17(15)21;/h1-2,4,6-10,18H,3,5,11-13,22H2;1H. The van der Waals surface area contributed by atoms with Crippen LogP contribution in [0.4, 0.5) is 0 Å². The van der Waals surface area contributed by atoms with Crippen LogP contribution >= 0.6 is 12.4 Å². The zero-order valence-corrected chi connectivity index (χ0v) is 15.3. The van der Waals surface area contributed by atoms with Gasteiger partial charge in [0.2, 0.25) is 11.7 Å². The predicted molar refractivity (Wildman–Crippen MR) is 103 cm³/mol. The van der Waals surface area contributed by atoms with Gasteiger partial charge in [0, 0.05) is 23.4 Å². The third-order valence-corrected chi connectivity index (χ3v) is 5.89. The molecule has 0 amide bonds. The summed E-state index contributed by atoms with van der Waals surface area (Å²) in [6.45, 7) is 0.543. The maximum absolute atomic E-state index is 5.66. The highest BCUT2D eigenvalue weighted by molar-refractivity contribution is 5.85. The summed E-state index contributed by atoms with van der Waals surface area (Å²) in [6.07, 6.45) is 4.78. The lowest BCUT2D eigenvalue weighted by molar-refractivity contribution is 0.367. The molecule has 2 N–H and O–H groups in total. The van der Waals surface area contributed by atoms with Gasteiger partial charge in [0.05, 0.1) is 0 Å². The van der Waals surface area contributed by atoms with Crippen LogP contribution in [-0.4, -0.2) is 10.1 Å². The Hall–Kier alpha value is -2.17. The van der Waals surface area contributed by atoms with Crippen molar-refractivity contribution in [3.05, 3.63) is 71.1 Å². The summed E-state index contributed by atoms with van der Waals surface area (Å²) in [6, 6.07) is 16.9. The number of nitrogens with zero attached hydrogens (tertiary/aromatic N) is 2. The van der Waals surface area contributed by atoms with Crippen molar-refractivity contribution in [1.29, 1.82) is 0 Å². The Balaban J connectivity index is 0.00000168. The highest BCUT2D eigenvalue weighted by Crippen LogP contribution is 2.65. The molecule has 1 fully saturated rings. The molecule has 2 unspecified atom stereocenters. The highest BCUT2D eigenvalue weighted by Gasteiger charge is 2.59. The zero-order chi connectivity index (χ0) is 16.9. The average molecular weight is 368 g/mol. The zero-order valence-electron chi connectivity index (χ0n) is 14.5. The summed E-state index contributed by atoms with van der Waals surface area (Å²) >= 11 is 0. The molecule has 2 aliphatic rings. The fourth-order valence-corrected chi connectivity index (χ4v) is 4.44. The molecule has 5 heteroatoms. The van der Waals surface area contributed by atoms with Crippen LogP contribution in [0.2, 0.25) is 0 Å². The van der Waals surface area contributed by atoms with Gasteiger partial charge in [-0.25, -0.2) is 0 Å². The molecule has 1 aromatic heterocycles. The Bertz CT molecular complexity index is 921. The summed E-state index contributed by atoms with van der Waals surface area (Å²) in [5, 5.41) is 4.22. The average Bonchev–Trinajstić information content (AvgIpc) is 3.16. The molecule has 134 valence electrons. The SMILES string of the molecule is Cl.NCc1ccc(-c2noc(C3CC34CCCc3ccccc34)n2)cc1. The number of rotatable bonds is 3. The summed E-state index contributed by atoms with van der Waals surface area (Å²) in [5.41, 5.74) is 11.0. The summed E-state index contributed by atoms with van der Waals surface area (Å²) < 4.78 is 5.66. The first-order valence-electron chi connectivity index (χ1n) is 9.01. The second kappa shape index (κ2) is 6.53. The number of halogens is 1. The number of hydrogen-bond acceptors (Lipinski definition) is 4. The minimum atomic E-state index is 0. The molecule has 5 rings (SSSR count). The smallest absolute Gasteiger partial charge is 0.231 e. The van der Waals surface area contributed by atoms with E-state index >= 15 is 0 Å². The van der Waals surface area contributed by atoms with E-state index in [1.54, 1.807) is 0 Å². The lowest BCUT2D eigenvalue weighted by Gasteiger charge is -2.25. The molecule has 1 heterocycles. The van der Waals surface area contributed by atoms with Gasteiger partial charge in [-0.2, -0.15) is 4.98 Å². The third-order valence-electron chi connectivity index (χ3n) is 5.89. The van der Waals surface area contributed by atoms with Crippen molar-refractivity contribution < 1.29 is 4.52 Å². The van der Waals surface area contributed by atoms with E-state index in [1.807, 2.05) is 24.3 Å². The van der Waals surface area contributed by atoms with E-state index in [-0.39, 0.29) is 17.8 Å². The first-order chi connectivity index (χ1) is 12.3. The van der Waals surface area contributed by atoms with Crippen molar-refractivity contribution in [3.63, 3.8) is 0 Å². The third kappa shape index (κ3) is 2.65. The van der Waals surface area contributed by atoms with Crippen LogP contribution in [-0.2, 0) is 18.4 Å². The molecule has 0 radical (unpaired) electrons. The maximum atomic E-state index is 5.66. The number of hydrogen-bond donors (Lipinski definition) is 1. The van der Waals surface area contributed by atoms with Gasteiger partial charge in [-0.05, 0) is 42.4 Å². The second-order valence-electron chi connectivity index (χ2n) is 7.28. The normalized spacial score (nSPS) is 23.3. The Morgan fingerprint density at radius 2 is 1.92 bits per heavy atom. The van der Waals surface area contributed by atoms with Crippen LogP contribution < -0.4 is 5.73 Å². The van der Waals surface area contributed by atoms with Crippen LogP contribution in [0.1, 0.15) is 47.8 Å². The topological polar surface area (TPSA) is 64.9 Å². The van der Waals surface area contributed by atoms with E-state index in [0.29, 0.717) is 18.3 Å². The molecule has 3 aromatic rings. The molecule has 4 nitrogen and oxygen atoms in total. The predicted octanol–water partition coefficient (Wildman–Crippen LogP) is 4.38. The van der Waals surface area contributed by atoms with Crippen LogP contribution in [0.5, 0.6) is 0 Å². The molecule has 1 saturated carbocycles. The lowest BCUT2D eigenvalue weighted by Crippen LogP contribution is -2.18. The maximum Gasteiger partial charge on any atom is 0.231 e. The van der Waals surface area contributed by atoms with E-state index < -0.39 is 0 Å². The van der Waals surface area contributed by atoms with Crippen LogP contribution in [0.25, 0.3) is 11.4 Å². The molecule has 0 saturated heterocycles. The summed E-state index contributed by atoms with van der Waals surface area (Å²) in [4.78, 5) is 4.71. The Labute approximate surface area is 159 Å². The molecule has 2 aromatic carbocycles. The second-order valence-corrected chi connectivity index (χ2v) is 7.28. The van der Waals surface area contributed by atoms with Gasteiger partial charge < -0.3 is 10.3 Å². The molecule has 2 aliphatic carbocycles. The quantitative estimate of drug-likeness (QED) is 0.746. The Morgan fingerprint density at radius 3 is 2.73 bits per heavy atom. The minimum absolute atomic E-state index is 0. The van der Waals surface area contributed by atoms with E-state index in [0.717, 1.165) is 23.4 Å². The monoisotopic (exact) mass is 367 g/mol. The highest BCUT2D eigenvalue weighted by atomic mass is 35.5. The number of aryl methyl sites for hydroxylation is 1. The molecule has 2 atom stereocenters. The van der Waals surface area contributed by atoms with E-state index in [9.17, 15) is 0 Å². The van der Waals surface area contributed by atoms with Gasteiger partial charge in [-0.3, -0.25) is 0 Å². The Kier molecular flexibility index (Phi) is 4.33. The first kappa shape index (κ1) is 17.3. The van der Waals surface area contributed by atoms with Gasteiger partial charge in [0.1, 0.15) is 0 Å². The lowest BCUT2D eigenvalue weighted by atomic mass is 9.78. The van der Waals surface area contributed by atoms with Gasteiger partial charge in [-0.15, -0.1) is 12.4 Å². The first-order valence-corrected chi connectivity index (χ1v) is 9.01. The number of aromatic nitrogens is 2. The van der Waals surface area contributed by atoms with Gasteiger partial charge >= 0.3 is 0 Å².